The first-order chi connectivity index (χ1) is 9.51. The van der Waals surface area contributed by atoms with Crippen LogP contribution in [0.2, 0.25) is 0 Å². The molecule has 20 heavy (non-hydrogen) atoms. The van der Waals surface area contributed by atoms with Crippen LogP contribution in [0.1, 0.15) is 25.7 Å². The van der Waals surface area contributed by atoms with Crippen molar-refractivity contribution in [1.29, 1.82) is 0 Å². The third-order valence-corrected chi connectivity index (χ3v) is 3.16. The lowest BCUT2D eigenvalue weighted by atomic mass is 10.3. The molecule has 0 saturated heterocycles. The minimum absolute atomic E-state index is 0.321. The third kappa shape index (κ3) is 2.27. The number of nitrogens with two attached hydrogens (primary N) is 1. The van der Waals surface area contributed by atoms with Crippen LogP contribution in [-0.2, 0) is 17.8 Å². The molecular weight excluding hydrogens is 262 g/mol. The van der Waals surface area contributed by atoms with Gasteiger partial charge in [-0.2, -0.15) is 0 Å². The molecule has 0 saturated carbocycles. The molecule has 0 aliphatic heterocycles. The van der Waals surface area contributed by atoms with Crippen LogP contribution >= 0.6 is 0 Å². The molecule has 0 fully saturated rings. The molecule has 1 unspecified atom stereocenters. The Kier molecular flexibility index (Phi) is 4.05. The second-order valence-electron chi connectivity index (χ2n) is 4.58. The van der Waals surface area contributed by atoms with E-state index in [1.54, 1.807) is 18.6 Å². The van der Waals surface area contributed by atoms with Crippen molar-refractivity contribution >= 4 is 11.2 Å². The van der Waals surface area contributed by atoms with Gasteiger partial charge in [0, 0.05) is 13.7 Å². The van der Waals surface area contributed by atoms with Gasteiger partial charge in [-0.1, -0.05) is 0 Å². The SMILES string of the molecule is CCn1c(C(C)N)nc2c1c(=O)[nH]c(=O)n2CCOC. The van der Waals surface area contributed by atoms with E-state index in [-0.39, 0.29) is 6.04 Å². The maximum absolute atomic E-state index is 12.0. The zero-order valence-corrected chi connectivity index (χ0v) is 11.8. The van der Waals surface area contributed by atoms with E-state index in [1.807, 2.05) is 6.92 Å². The van der Waals surface area contributed by atoms with Crippen LogP contribution in [0.25, 0.3) is 11.2 Å². The van der Waals surface area contributed by atoms with Gasteiger partial charge in [0.2, 0.25) is 0 Å². The van der Waals surface area contributed by atoms with E-state index in [2.05, 4.69) is 9.97 Å². The Bertz CT molecular complexity index is 725. The molecule has 0 amide bonds. The second kappa shape index (κ2) is 5.59. The Labute approximate surface area is 115 Å². The molecule has 2 aromatic rings. The molecule has 0 aliphatic rings. The highest BCUT2D eigenvalue weighted by atomic mass is 16.5. The lowest BCUT2D eigenvalue weighted by Gasteiger charge is -2.07. The molecule has 2 aromatic heterocycles. The number of aromatic nitrogens is 4. The zero-order valence-electron chi connectivity index (χ0n) is 11.8. The molecule has 2 rings (SSSR count). The van der Waals surface area contributed by atoms with Gasteiger partial charge in [-0.25, -0.2) is 9.78 Å². The fraction of sp³-hybridized carbons (Fsp3) is 0.583. The maximum atomic E-state index is 12.0. The number of aryl methyl sites for hydroxylation is 1. The van der Waals surface area contributed by atoms with Gasteiger partial charge in [0.1, 0.15) is 5.82 Å². The first kappa shape index (κ1) is 14.5. The molecule has 8 nitrogen and oxygen atoms in total. The van der Waals surface area contributed by atoms with Crippen molar-refractivity contribution in [3.8, 4) is 0 Å². The maximum Gasteiger partial charge on any atom is 0.330 e. The molecule has 3 N–H and O–H groups in total. The number of nitrogens with zero attached hydrogens (tertiary/aromatic N) is 3. The summed E-state index contributed by atoms with van der Waals surface area (Å²) in [5.41, 5.74) is 5.67. The molecule has 0 aliphatic carbocycles. The predicted octanol–water partition coefficient (Wildman–Crippen LogP) is -0.428. The lowest BCUT2D eigenvalue weighted by molar-refractivity contribution is 0.187. The van der Waals surface area contributed by atoms with Crippen LogP contribution in [0.15, 0.2) is 9.59 Å². The average Bonchev–Trinajstić information content (AvgIpc) is 2.78. The van der Waals surface area contributed by atoms with E-state index in [0.717, 1.165) is 0 Å². The summed E-state index contributed by atoms with van der Waals surface area (Å²) in [5, 5.41) is 0. The van der Waals surface area contributed by atoms with Gasteiger partial charge in [-0.3, -0.25) is 14.3 Å². The van der Waals surface area contributed by atoms with E-state index < -0.39 is 11.2 Å². The number of nitrogens with one attached hydrogen (secondary N) is 1. The van der Waals surface area contributed by atoms with Crippen LogP contribution in [0.5, 0.6) is 0 Å². The van der Waals surface area contributed by atoms with Crippen molar-refractivity contribution < 1.29 is 4.74 Å². The number of imidazole rings is 1. The Morgan fingerprint density at radius 1 is 1.40 bits per heavy atom. The fourth-order valence-electron chi connectivity index (χ4n) is 2.25. The van der Waals surface area contributed by atoms with Gasteiger partial charge < -0.3 is 15.0 Å². The van der Waals surface area contributed by atoms with E-state index in [9.17, 15) is 9.59 Å². The number of hydrogen-bond donors (Lipinski definition) is 2. The molecule has 0 radical (unpaired) electrons. The summed E-state index contributed by atoms with van der Waals surface area (Å²) in [4.78, 5) is 30.6. The molecule has 8 heteroatoms. The number of fused-ring (bicyclic) bond motifs is 1. The summed E-state index contributed by atoms with van der Waals surface area (Å²) in [6, 6.07) is -0.326. The van der Waals surface area contributed by atoms with Gasteiger partial charge in [-0.05, 0) is 13.8 Å². The van der Waals surface area contributed by atoms with E-state index in [1.165, 1.54) is 4.57 Å². The number of methoxy groups -OCH3 is 1. The predicted molar refractivity (Wildman–Crippen MR) is 74.8 cm³/mol. The smallest absolute Gasteiger partial charge is 0.330 e. The Balaban J connectivity index is 2.82. The highest BCUT2D eigenvalue weighted by molar-refractivity contribution is 5.71. The molecule has 0 bridgehead atoms. The molecule has 1 atom stereocenters. The third-order valence-electron chi connectivity index (χ3n) is 3.16. The summed E-state index contributed by atoms with van der Waals surface area (Å²) in [6.45, 7) is 4.92. The van der Waals surface area contributed by atoms with Crippen LogP contribution in [0, 0.1) is 0 Å². The van der Waals surface area contributed by atoms with Gasteiger partial charge in [0.05, 0.1) is 19.2 Å². The Hall–Kier alpha value is -1.93. The standard InChI is InChI=1S/C12H19N5O3/c1-4-16-8-10(14-9(16)7(2)13)17(5-6-20-3)12(19)15-11(8)18/h7H,4-6,13H2,1-3H3,(H,15,18,19). The van der Waals surface area contributed by atoms with Crippen molar-refractivity contribution in [2.45, 2.75) is 33.0 Å². The van der Waals surface area contributed by atoms with Crippen LogP contribution in [0.3, 0.4) is 0 Å². The number of rotatable bonds is 5. The van der Waals surface area contributed by atoms with Crippen LogP contribution in [0.4, 0.5) is 0 Å². The van der Waals surface area contributed by atoms with Gasteiger partial charge in [-0.15, -0.1) is 0 Å². The lowest BCUT2D eigenvalue weighted by Crippen LogP contribution is -2.32. The highest BCUT2D eigenvalue weighted by Crippen LogP contribution is 2.15. The van der Waals surface area contributed by atoms with E-state index in [0.29, 0.717) is 36.7 Å². The number of H-pyrrole nitrogens is 1. The van der Waals surface area contributed by atoms with Crippen molar-refractivity contribution in [2.24, 2.45) is 5.73 Å². The summed E-state index contributed by atoms with van der Waals surface area (Å²) in [5.74, 6) is 0.588. The minimum Gasteiger partial charge on any atom is -0.383 e. The van der Waals surface area contributed by atoms with Gasteiger partial charge >= 0.3 is 5.69 Å². The quantitative estimate of drug-likeness (QED) is 0.773. The Morgan fingerprint density at radius 2 is 2.10 bits per heavy atom. The summed E-state index contributed by atoms with van der Waals surface area (Å²) in [7, 11) is 1.55. The monoisotopic (exact) mass is 281 g/mol. The number of hydrogen-bond acceptors (Lipinski definition) is 5. The number of aromatic amines is 1. The normalized spacial score (nSPS) is 13.0. The minimum atomic E-state index is -0.489. The largest absolute Gasteiger partial charge is 0.383 e. The number of ether oxygens (including phenoxy) is 1. The highest BCUT2D eigenvalue weighted by Gasteiger charge is 2.19. The van der Waals surface area contributed by atoms with Crippen LogP contribution in [-0.4, -0.2) is 32.8 Å². The first-order valence-electron chi connectivity index (χ1n) is 6.49. The average molecular weight is 281 g/mol. The summed E-state index contributed by atoms with van der Waals surface area (Å²) in [6.07, 6.45) is 0. The van der Waals surface area contributed by atoms with Crippen molar-refractivity contribution in [1.82, 2.24) is 19.1 Å². The van der Waals surface area contributed by atoms with E-state index in [4.69, 9.17) is 10.5 Å². The topological polar surface area (TPSA) is 108 Å². The summed E-state index contributed by atoms with van der Waals surface area (Å²) < 4.78 is 8.12. The van der Waals surface area contributed by atoms with Crippen LogP contribution < -0.4 is 17.0 Å². The molecule has 110 valence electrons. The second-order valence-corrected chi connectivity index (χ2v) is 4.58. The van der Waals surface area contributed by atoms with E-state index >= 15 is 0 Å². The van der Waals surface area contributed by atoms with Crippen molar-refractivity contribution in [2.75, 3.05) is 13.7 Å². The first-order valence-corrected chi connectivity index (χ1v) is 6.49. The molecule has 2 heterocycles. The molecule has 0 aromatic carbocycles. The Morgan fingerprint density at radius 3 is 2.65 bits per heavy atom. The molecule has 0 spiro atoms. The zero-order chi connectivity index (χ0) is 14.9. The van der Waals surface area contributed by atoms with Crippen molar-refractivity contribution in [3.63, 3.8) is 0 Å². The van der Waals surface area contributed by atoms with Crippen molar-refractivity contribution in [3.05, 3.63) is 26.7 Å². The summed E-state index contributed by atoms with van der Waals surface area (Å²) >= 11 is 0. The van der Waals surface area contributed by atoms with Gasteiger partial charge in [0.15, 0.2) is 11.2 Å². The fourth-order valence-corrected chi connectivity index (χ4v) is 2.25. The molecular formula is C12H19N5O3. The van der Waals surface area contributed by atoms with Gasteiger partial charge in [0.25, 0.3) is 5.56 Å².